The molecule has 1 unspecified atom stereocenters. The maximum atomic E-state index is 11.7. The molecule has 1 atom stereocenters. The summed E-state index contributed by atoms with van der Waals surface area (Å²) >= 11 is 0. The summed E-state index contributed by atoms with van der Waals surface area (Å²) in [6.45, 7) is 0.272. The average Bonchev–Trinajstić information content (AvgIpc) is 2.60. The number of carboxylic acid groups (broad SMARTS) is 1. The van der Waals surface area contributed by atoms with Gasteiger partial charge in [0, 0.05) is 6.54 Å². The maximum absolute atomic E-state index is 11.7. The Morgan fingerprint density at radius 1 is 1.29 bits per heavy atom. The average molecular weight is 255 g/mol. The van der Waals surface area contributed by atoms with Gasteiger partial charge in [0.15, 0.2) is 0 Å². The monoisotopic (exact) mass is 255 g/mol. The molecule has 1 heterocycles. The molecule has 17 heavy (non-hydrogen) atoms. The van der Waals surface area contributed by atoms with Crippen molar-refractivity contribution in [1.82, 2.24) is 4.31 Å². The SMILES string of the molecule is O=C(O)C(c1ccccc1)N1CCCS1(=O)=O. The highest BCUT2D eigenvalue weighted by molar-refractivity contribution is 7.89. The molecule has 0 amide bonds. The van der Waals surface area contributed by atoms with Crippen LogP contribution >= 0.6 is 0 Å². The quantitative estimate of drug-likeness (QED) is 0.868. The molecule has 5 nitrogen and oxygen atoms in total. The highest BCUT2D eigenvalue weighted by Crippen LogP contribution is 2.28. The Kier molecular flexibility index (Phi) is 3.17. The number of sulfonamides is 1. The first-order chi connectivity index (χ1) is 8.02. The third kappa shape index (κ3) is 2.32. The van der Waals surface area contributed by atoms with Crippen LogP contribution in [-0.4, -0.2) is 36.1 Å². The molecule has 92 valence electrons. The van der Waals surface area contributed by atoms with Crippen LogP contribution in [0.15, 0.2) is 30.3 Å². The second kappa shape index (κ2) is 4.46. The Hall–Kier alpha value is -1.40. The number of hydrogen-bond donors (Lipinski definition) is 1. The second-order valence-corrected chi connectivity index (χ2v) is 5.97. The number of rotatable bonds is 3. The van der Waals surface area contributed by atoms with Crippen molar-refractivity contribution in [2.45, 2.75) is 12.5 Å². The van der Waals surface area contributed by atoms with Gasteiger partial charge in [-0.1, -0.05) is 30.3 Å². The van der Waals surface area contributed by atoms with Crippen molar-refractivity contribution in [2.75, 3.05) is 12.3 Å². The third-order valence-electron chi connectivity index (χ3n) is 2.78. The van der Waals surface area contributed by atoms with Gasteiger partial charge in [0.2, 0.25) is 10.0 Å². The molecule has 1 aromatic carbocycles. The largest absolute Gasteiger partial charge is 0.480 e. The summed E-state index contributed by atoms with van der Waals surface area (Å²) in [5, 5.41) is 9.21. The van der Waals surface area contributed by atoms with Gasteiger partial charge in [0.1, 0.15) is 6.04 Å². The summed E-state index contributed by atoms with van der Waals surface area (Å²) in [5.41, 5.74) is 0.491. The highest BCUT2D eigenvalue weighted by Gasteiger charge is 2.39. The van der Waals surface area contributed by atoms with Gasteiger partial charge >= 0.3 is 5.97 Å². The minimum atomic E-state index is -3.43. The summed E-state index contributed by atoms with van der Waals surface area (Å²) in [6.07, 6.45) is 0.485. The Balaban J connectivity index is 2.41. The van der Waals surface area contributed by atoms with E-state index in [2.05, 4.69) is 0 Å². The van der Waals surface area contributed by atoms with Crippen molar-refractivity contribution in [3.8, 4) is 0 Å². The van der Waals surface area contributed by atoms with E-state index in [9.17, 15) is 18.3 Å². The fourth-order valence-electron chi connectivity index (χ4n) is 2.02. The number of carboxylic acids is 1. The number of hydrogen-bond acceptors (Lipinski definition) is 3. The number of nitrogens with zero attached hydrogens (tertiary/aromatic N) is 1. The molecule has 1 saturated heterocycles. The van der Waals surface area contributed by atoms with E-state index in [0.29, 0.717) is 12.0 Å². The number of aliphatic carboxylic acids is 1. The van der Waals surface area contributed by atoms with Gasteiger partial charge < -0.3 is 5.11 Å². The van der Waals surface area contributed by atoms with Crippen molar-refractivity contribution in [3.63, 3.8) is 0 Å². The van der Waals surface area contributed by atoms with Crippen molar-refractivity contribution in [3.05, 3.63) is 35.9 Å². The molecule has 6 heteroatoms. The molecule has 0 aromatic heterocycles. The zero-order chi connectivity index (χ0) is 12.5. The van der Waals surface area contributed by atoms with Gasteiger partial charge in [0.25, 0.3) is 0 Å². The predicted octanol–water partition coefficient (Wildman–Crippen LogP) is 0.848. The van der Waals surface area contributed by atoms with E-state index < -0.39 is 22.0 Å². The molecule has 1 fully saturated rings. The molecular formula is C11H13NO4S. The lowest BCUT2D eigenvalue weighted by atomic mass is 10.1. The zero-order valence-corrected chi connectivity index (χ0v) is 9.93. The minimum Gasteiger partial charge on any atom is -0.480 e. The standard InChI is InChI=1S/C11H13NO4S/c13-11(14)10(9-5-2-1-3-6-9)12-7-4-8-17(12,15)16/h1-3,5-6,10H,4,7-8H2,(H,13,14). The molecular weight excluding hydrogens is 242 g/mol. The Morgan fingerprint density at radius 3 is 2.41 bits per heavy atom. The molecule has 0 aliphatic carbocycles. The van der Waals surface area contributed by atoms with E-state index >= 15 is 0 Å². The summed E-state index contributed by atoms with van der Waals surface area (Å²) in [4.78, 5) is 11.3. The van der Waals surface area contributed by atoms with Crippen LogP contribution in [0.25, 0.3) is 0 Å². The number of carbonyl (C=O) groups is 1. The summed E-state index contributed by atoms with van der Waals surface area (Å²) in [5.74, 6) is -1.11. The highest BCUT2D eigenvalue weighted by atomic mass is 32.2. The molecule has 1 aromatic rings. The fraction of sp³-hybridized carbons (Fsp3) is 0.364. The molecule has 1 aliphatic heterocycles. The lowest BCUT2D eigenvalue weighted by molar-refractivity contribution is -0.141. The lowest BCUT2D eigenvalue weighted by Crippen LogP contribution is -2.35. The molecule has 0 radical (unpaired) electrons. The van der Waals surface area contributed by atoms with Gasteiger partial charge in [-0.05, 0) is 12.0 Å². The third-order valence-corrected chi connectivity index (χ3v) is 4.69. The van der Waals surface area contributed by atoms with Gasteiger partial charge in [-0.25, -0.2) is 8.42 Å². The topological polar surface area (TPSA) is 74.7 Å². The van der Waals surface area contributed by atoms with E-state index in [0.717, 1.165) is 4.31 Å². The molecule has 2 rings (SSSR count). The van der Waals surface area contributed by atoms with Crippen LogP contribution in [0.2, 0.25) is 0 Å². The molecule has 0 saturated carbocycles. The number of benzene rings is 1. The summed E-state index contributed by atoms with van der Waals surface area (Å²) < 4.78 is 24.6. The van der Waals surface area contributed by atoms with Gasteiger partial charge in [-0.2, -0.15) is 4.31 Å². The molecule has 0 bridgehead atoms. The van der Waals surface area contributed by atoms with Crippen molar-refractivity contribution >= 4 is 16.0 Å². The van der Waals surface area contributed by atoms with E-state index in [1.54, 1.807) is 30.3 Å². The smallest absolute Gasteiger partial charge is 0.326 e. The Morgan fingerprint density at radius 2 is 1.94 bits per heavy atom. The van der Waals surface area contributed by atoms with Crippen LogP contribution < -0.4 is 0 Å². The van der Waals surface area contributed by atoms with E-state index in [1.165, 1.54) is 0 Å². The first kappa shape index (κ1) is 12.1. The molecule has 1 aliphatic rings. The van der Waals surface area contributed by atoms with Crippen molar-refractivity contribution in [1.29, 1.82) is 0 Å². The second-order valence-electron chi connectivity index (χ2n) is 3.93. The van der Waals surface area contributed by atoms with Gasteiger partial charge in [-0.15, -0.1) is 0 Å². The Labute approximate surface area is 99.7 Å². The van der Waals surface area contributed by atoms with E-state index in [4.69, 9.17) is 0 Å². The van der Waals surface area contributed by atoms with Gasteiger partial charge in [0.05, 0.1) is 5.75 Å². The first-order valence-electron chi connectivity index (χ1n) is 5.29. The van der Waals surface area contributed by atoms with Crippen molar-refractivity contribution in [2.24, 2.45) is 0 Å². The molecule has 1 N–H and O–H groups in total. The van der Waals surface area contributed by atoms with Crippen LogP contribution in [0.3, 0.4) is 0 Å². The maximum Gasteiger partial charge on any atom is 0.326 e. The lowest BCUT2D eigenvalue weighted by Gasteiger charge is -2.22. The first-order valence-corrected chi connectivity index (χ1v) is 6.90. The minimum absolute atomic E-state index is 0.0314. The van der Waals surface area contributed by atoms with Crippen LogP contribution in [0.4, 0.5) is 0 Å². The zero-order valence-electron chi connectivity index (χ0n) is 9.11. The Bertz CT molecular complexity index is 512. The molecule has 0 spiro atoms. The van der Waals surface area contributed by atoms with Crippen LogP contribution in [0.5, 0.6) is 0 Å². The van der Waals surface area contributed by atoms with Gasteiger partial charge in [-0.3, -0.25) is 4.79 Å². The van der Waals surface area contributed by atoms with Crippen LogP contribution in [0.1, 0.15) is 18.0 Å². The summed E-state index contributed by atoms with van der Waals surface area (Å²) in [6, 6.07) is 7.32. The van der Waals surface area contributed by atoms with Crippen molar-refractivity contribution < 1.29 is 18.3 Å². The summed E-state index contributed by atoms with van der Waals surface area (Å²) in [7, 11) is -3.43. The van der Waals surface area contributed by atoms with Crippen LogP contribution in [-0.2, 0) is 14.8 Å². The van der Waals surface area contributed by atoms with E-state index in [-0.39, 0.29) is 12.3 Å². The predicted molar refractivity (Wildman–Crippen MR) is 61.9 cm³/mol. The fourth-order valence-corrected chi connectivity index (χ4v) is 3.68. The van der Waals surface area contributed by atoms with Crippen LogP contribution in [0, 0.1) is 0 Å². The normalized spacial score (nSPS) is 21.2. The van der Waals surface area contributed by atoms with E-state index in [1.807, 2.05) is 0 Å².